The van der Waals surface area contributed by atoms with Gasteiger partial charge in [0.2, 0.25) is 0 Å². The van der Waals surface area contributed by atoms with Crippen molar-refractivity contribution < 1.29 is 38.9 Å². The topological polar surface area (TPSA) is 127 Å². The molecule has 0 aromatic carbocycles. The van der Waals surface area contributed by atoms with E-state index in [1.165, 1.54) is 38.2 Å². The monoisotopic (exact) mass is 512 g/mol. The molecule has 36 heavy (non-hydrogen) atoms. The van der Waals surface area contributed by atoms with Crippen LogP contribution in [-0.4, -0.2) is 52.7 Å². The number of carboxylic acid groups (broad SMARTS) is 1. The molecule has 0 aromatic heterocycles. The Morgan fingerprint density at radius 3 is 1.89 bits per heavy atom. The summed E-state index contributed by atoms with van der Waals surface area (Å²) in [7, 11) is 1.09. The molecule has 0 aromatic rings. The molecular formula is C28H48O8. The quantitative estimate of drug-likeness (QED) is 0.110. The van der Waals surface area contributed by atoms with Crippen molar-refractivity contribution >= 4 is 23.7 Å². The third-order valence-electron chi connectivity index (χ3n) is 6.08. The Labute approximate surface area is 216 Å². The summed E-state index contributed by atoms with van der Waals surface area (Å²) in [5.74, 6) is -4.88. The standard InChI is InChI=1S/C28H48O8/c1-5-6-7-8-9-12-15-18-23(29)19-16-13-10-11-14-17-20-24(26(31)32)28(34,21-25(30)35-4)27(33)36-22(2)3/h17,20,22,24,34H,5-16,18-19,21H2,1-4H3,(H,31,32)/b20-17+/t24-,28-/m1/s1. The highest BCUT2D eigenvalue weighted by molar-refractivity contribution is 5.92. The van der Waals surface area contributed by atoms with Crippen LogP contribution in [0.2, 0.25) is 0 Å². The molecule has 0 radical (unpaired) electrons. The number of unbranched alkanes of at least 4 members (excludes halogenated alkanes) is 10. The molecule has 0 aliphatic carbocycles. The van der Waals surface area contributed by atoms with Crippen LogP contribution in [0.5, 0.6) is 0 Å². The van der Waals surface area contributed by atoms with Crippen molar-refractivity contribution in [3.05, 3.63) is 12.2 Å². The van der Waals surface area contributed by atoms with E-state index >= 15 is 0 Å². The minimum Gasteiger partial charge on any atom is -0.481 e. The highest BCUT2D eigenvalue weighted by atomic mass is 16.6. The Morgan fingerprint density at radius 2 is 1.39 bits per heavy atom. The first-order valence-corrected chi connectivity index (χ1v) is 13.5. The molecule has 0 amide bonds. The molecule has 0 saturated carbocycles. The summed E-state index contributed by atoms with van der Waals surface area (Å²) < 4.78 is 9.54. The average molecular weight is 513 g/mol. The first-order chi connectivity index (χ1) is 17.1. The number of aliphatic hydroxyl groups is 1. The molecule has 208 valence electrons. The van der Waals surface area contributed by atoms with Crippen LogP contribution in [0.3, 0.4) is 0 Å². The molecule has 0 fully saturated rings. The minimum atomic E-state index is -2.57. The number of methoxy groups -OCH3 is 1. The number of carbonyl (C=O) groups is 4. The number of carboxylic acids is 1. The average Bonchev–Trinajstić information content (AvgIpc) is 2.81. The van der Waals surface area contributed by atoms with Crippen LogP contribution in [0, 0.1) is 5.92 Å². The Kier molecular flexibility index (Phi) is 18.7. The molecule has 0 rings (SSSR count). The van der Waals surface area contributed by atoms with E-state index in [0.717, 1.165) is 45.6 Å². The third kappa shape index (κ3) is 15.0. The lowest BCUT2D eigenvalue weighted by atomic mass is 9.83. The maximum atomic E-state index is 12.5. The van der Waals surface area contributed by atoms with Gasteiger partial charge in [0.15, 0.2) is 5.60 Å². The number of Topliss-reactive ketones (excluding diaryl/α,β-unsaturated/α-hetero) is 1. The number of allylic oxidation sites excluding steroid dienone is 1. The second-order valence-corrected chi connectivity index (χ2v) is 9.74. The van der Waals surface area contributed by atoms with E-state index in [-0.39, 0.29) is 0 Å². The molecule has 8 nitrogen and oxygen atoms in total. The van der Waals surface area contributed by atoms with Crippen LogP contribution in [0.25, 0.3) is 0 Å². The number of aliphatic carboxylic acids is 1. The van der Waals surface area contributed by atoms with Gasteiger partial charge in [-0.25, -0.2) is 4.79 Å². The normalized spacial score (nSPS) is 13.9. The Hall–Kier alpha value is -2.22. The summed E-state index contributed by atoms with van der Waals surface area (Å²) in [4.78, 5) is 48.1. The smallest absolute Gasteiger partial charge is 0.340 e. The lowest BCUT2D eigenvalue weighted by Crippen LogP contribution is -2.51. The van der Waals surface area contributed by atoms with Crippen molar-refractivity contribution in [3.63, 3.8) is 0 Å². The molecule has 2 atom stereocenters. The van der Waals surface area contributed by atoms with Gasteiger partial charge in [0, 0.05) is 12.8 Å². The van der Waals surface area contributed by atoms with Gasteiger partial charge in [0.1, 0.15) is 11.7 Å². The van der Waals surface area contributed by atoms with Crippen LogP contribution < -0.4 is 0 Å². The van der Waals surface area contributed by atoms with Crippen molar-refractivity contribution in [1.29, 1.82) is 0 Å². The Morgan fingerprint density at radius 1 is 0.861 bits per heavy atom. The SMILES string of the molecule is CCCCCCCCCC(=O)CCCCCC/C=C/[C@H](C(=O)O)[C@](O)(CC(=O)OC)C(=O)OC(C)C. The molecule has 0 bridgehead atoms. The number of hydrogen-bond acceptors (Lipinski definition) is 7. The van der Waals surface area contributed by atoms with Gasteiger partial charge in [-0.2, -0.15) is 0 Å². The van der Waals surface area contributed by atoms with E-state index < -0.39 is 42.0 Å². The van der Waals surface area contributed by atoms with E-state index in [9.17, 15) is 29.4 Å². The summed E-state index contributed by atoms with van der Waals surface area (Å²) in [6.07, 6.45) is 15.0. The second-order valence-electron chi connectivity index (χ2n) is 9.74. The van der Waals surface area contributed by atoms with Crippen molar-refractivity contribution in [2.24, 2.45) is 5.92 Å². The number of ether oxygens (including phenoxy) is 2. The molecule has 0 aliphatic rings. The first-order valence-electron chi connectivity index (χ1n) is 13.5. The van der Waals surface area contributed by atoms with Crippen molar-refractivity contribution in [1.82, 2.24) is 0 Å². The zero-order valence-electron chi connectivity index (χ0n) is 22.8. The lowest BCUT2D eigenvalue weighted by molar-refractivity contribution is -0.184. The van der Waals surface area contributed by atoms with Crippen LogP contribution in [0.4, 0.5) is 0 Å². The predicted molar refractivity (Wildman–Crippen MR) is 138 cm³/mol. The maximum Gasteiger partial charge on any atom is 0.340 e. The minimum absolute atomic E-state index is 0.325. The van der Waals surface area contributed by atoms with Crippen LogP contribution in [0.15, 0.2) is 12.2 Å². The molecule has 0 saturated heterocycles. The van der Waals surface area contributed by atoms with Crippen LogP contribution in [0.1, 0.15) is 117 Å². The van der Waals surface area contributed by atoms with Gasteiger partial charge in [0.05, 0.1) is 19.6 Å². The fourth-order valence-corrected chi connectivity index (χ4v) is 3.94. The number of ketones is 1. The fraction of sp³-hybridized carbons (Fsp3) is 0.786. The highest BCUT2D eigenvalue weighted by Gasteiger charge is 2.50. The number of carbonyl (C=O) groups excluding carboxylic acids is 3. The summed E-state index contributed by atoms with van der Waals surface area (Å²) >= 11 is 0. The number of hydrogen-bond donors (Lipinski definition) is 2. The molecule has 8 heteroatoms. The molecule has 0 spiro atoms. The fourth-order valence-electron chi connectivity index (χ4n) is 3.94. The predicted octanol–water partition coefficient (Wildman–Crippen LogP) is 5.54. The van der Waals surface area contributed by atoms with Crippen molar-refractivity contribution in [2.45, 2.75) is 129 Å². The van der Waals surface area contributed by atoms with E-state index in [1.807, 2.05) is 0 Å². The Balaban J connectivity index is 4.44. The van der Waals surface area contributed by atoms with Gasteiger partial charge in [-0.05, 0) is 39.5 Å². The third-order valence-corrected chi connectivity index (χ3v) is 6.08. The van der Waals surface area contributed by atoms with Gasteiger partial charge >= 0.3 is 17.9 Å². The molecule has 0 unspecified atom stereocenters. The van der Waals surface area contributed by atoms with Gasteiger partial charge in [-0.3, -0.25) is 14.4 Å². The summed E-state index contributed by atoms with van der Waals surface area (Å²) in [6.45, 7) is 5.32. The van der Waals surface area contributed by atoms with Gasteiger partial charge < -0.3 is 19.7 Å². The molecule has 2 N–H and O–H groups in total. The summed E-state index contributed by atoms with van der Waals surface area (Å²) in [5.41, 5.74) is -2.57. The van der Waals surface area contributed by atoms with Crippen LogP contribution >= 0.6 is 0 Å². The number of rotatable bonds is 22. The van der Waals surface area contributed by atoms with E-state index in [1.54, 1.807) is 19.9 Å². The maximum absolute atomic E-state index is 12.5. The largest absolute Gasteiger partial charge is 0.481 e. The lowest BCUT2D eigenvalue weighted by Gasteiger charge is -2.29. The molecule has 0 heterocycles. The van der Waals surface area contributed by atoms with Gasteiger partial charge in [-0.1, -0.05) is 70.4 Å². The second kappa shape index (κ2) is 19.9. The molecule has 0 aliphatic heterocycles. The number of esters is 2. The van der Waals surface area contributed by atoms with Crippen molar-refractivity contribution in [3.8, 4) is 0 Å². The molecular weight excluding hydrogens is 464 g/mol. The first kappa shape index (κ1) is 33.8. The summed E-state index contributed by atoms with van der Waals surface area (Å²) in [6, 6.07) is 0. The highest BCUT2D eigenvalue weighted by Crippen LogP contribution is 2.27. The van der Waals surface area contributed by atoms with Gasteiger partial charge in [0.25, 0.3) is 0 Å². The zero-order valence-corrected chi connectivity index (χ0v) is 22.8. The Bertz CT molecular complexity index is 685. The zero-order chi connectivity index (χ0) is 27.4. The summed E-state index contributed by atoms with van der Waals surface area (Å²) in [5, 5.41) is 20.5. The van der Waals surface area contributed by atoms with E-state index in [2.05, 4.69) is 11.7 Å². The van der Waals surface area contributed by atoms with Gasteiger partial charge in [-0.15, -0.1) is 0 Å². The van der Waals surface area contributed by atoms with Crippen molar-refractivity contribution in [2.75, 3.05) is 7.11 Å². The van der Waals surface area contributed by atoms with E-state index in [0.29, 0.717) is 25.0 Å². The van der Waals surface area contributed by atoms with E-state index in [4.69, 9.17) is 4.74 Å². The van der Waals surface area contributed by atoms with Crippen LogP contribution in [-0.2, 0) is 28.7 Å².